The molecule has 3 aliphatic rings. The molecule has 0 unspecified atom stereocenters. The number of pyridine rings is 3. The standard InChI is InChI=1S/C32H39FN4O3Si.C30H39FN4O3Si.C23H19FN4O3/c1-18(2)41(19(3)4,20(5)6)40-31-29-27(17-37(8)32(29)38)25(15-28-35-21(7)39-36-28)26-14-23(16-34-30(26)31)13-22-9-11-24(33)12-10-22;1-17(2)39(18(3)4,19(5)6)38-29-27-25(16-35(7)30(27)36)23(14-26(32)34-37)24-13-21(15-33-28(24)29)12-20-8-10-22(31)11-9-20;1-12-26-19(27-31-12)9-16-17-8-14(7-13-3-5-15(24)6-4-13)10-25-21(17)22(29)20-18(16)11-28(2)23(20)30/h9-12,14,16,18-20H,13,15,17H2,1-8H3;8-11,13,15,17-19,37H,12,14,16H2,1-7H3,(H2,32,34);3-6,8,10,29H,7,9,11H2,1-2H3. The van der Waals surface area contributed by atoms with Gasteiger partial charge >= 0.3 is 0 Å². The molecule has 4 N–H and O–H groups in total. The van der Waals surface area contributed by atoms with Crippen molar-refractivity contribution in [3.63, 3.8) is 0 Å². The van der Waals surface area contributed by atoms with Crippen LogP contribution in [0.3, 0.4) is 0 Å². The Bertz CT molecular complexity index is 5350. The zero-order chi connectivity index (χ0) is 80.0. The minimum Gasteiger partial charge on any atom is -0.541 e. The number of hydrogen-bond acceptors (Lipinski definition) is 17. The number of amidine groups is 1. The van der Waals surface area contributed by atoms with Crippen LogP contribution in [0.5, 0.6) is 17.2 Å². The Balaban J connectivity index is 0.000000156. The highest BCUT2D eigenvalue weighted by Gasteiger charge is 2.51. The molecule has 26 heteroatoms. The second-order valence-electron chi connectivity index (χ2n) is 31.5. The van der Waals surface area contributed by atoms with Crippen LogP contribution in [-0.4, -0.2) is 122 Å². The fourth-order valence-corrected chi connectivity index (χ4v) is 27.7. The summed E-state index contributed by atoms with van der Waals surface area (Å²) in [7, 11) is 0.409. The molecule has 8 heterocycles. The number of hydrogen-bond donors (Lipinski definition) is 3. The van der Waals surface area contributed by atoms with Crippen LogP contribution in [0, 0.1) is 31.3 Å². The zero-order valence-electron chi connectivity index (χ0n) is 66.1. The number of phenols is 1. The molecule has 580 valence electrons. The van der Waals surface area contributed by atoms with Crippen molar-refractivity contribution >= 4 is 72.9 Å². The summed E-state index contributed by atoms with van der Waals surface area (Å²) in [6.07, 6.45) is 7.94. The van der Waals surface area contributed by atoms with Crippen LogP contribution in [0.15, 0.2) is 124 Å². The van der Waals surface area contributed by atoms with Gasteiger partial charge in [0.15, 0.2) is 17.4 Å². The van der Waals surface area contributed by atoms with Gasteiger partial charge in [-0.1, -0.05) is 135 Å². The highest BCUT2D eigenvalue weighted by molar-refractivity contribution is 6.79. The van der Waals surface area contributed by atoms with Crippen molar-refractivity contribution in [2.24, 2.45) is 10.9 Å². The maximum atomic E-state index is 13.8. The predicted molar refractivity (Wildman–Crippen MR) is 426 cm³/mol. The Morgan fingerprint density at radius 1 is 0.477 bits per heavy atom. The third kappa shape index (κ3) is 15.7. The topological polar surface area (TPSA) is 275 Å². The summed E-state index contributed by atoms with van der Waals surface area (Å²) in [5.41, 5.74) is 21.8. The highest BCUT2D eigenvalue weighted by atomic mass is 28.4. The maximum Gasteiger partial charge on any atom is 0.258 e. The van der Waals surface area contributed by atoms with Gasteiger partial charge in [0.1, 0.15) is 51.3 Å². The van der Waals surface area contributed by atoms with Gasteiger partial charge in [-0.05, 0) is 174 Å². The number of carbonyl (C=O) groups is 3. The Morgan fingerprint density at radius 3 is 1.11 bits per heavy atom. The first-order valence-corrected chi connectivity index (χ1v) is 42.0. The molecule has 5 aromatic heterocycles. The summed E-state index contributed by atoms with van der Waals surface area (Å²) in [5.74, 6) is 1.86. The molecule has 0 aliphatic carbocycles. The summed E-state index contributed by atoms with van der Waals surface area (Å²) >= 11 is 0. The smallest absolute Gasteiger partial charge is 0.258 e. The van der Waals surface area contributed by atoms with Gasteiger partial charge in [0.25, 0.3) is 34.4 Å². The Morgan fingerprint density at radius 2 is 0.784 bits per heavy atom. The molecule has 6 aromatic carbocycles. The summed E-state index contributed by atoms with van der Waals surface area (Å²) in [5, 5.41) is 34.1. The number of aryl methyl sites for hydroxylation is 2. The molecule has 0 saturated carbocycles. The van der Waals surface area contributed by atoms with Crippen LogP contribution in [0.4, 0.5) is 13.2 Å². The molecule has 11 aromatic rings. The lowest BCUT2D eigenvalue weighted by atomic mass is 9.93. The first-order chi connectivity index (χ1) is 52.7. The van der Waals surface area contributed by atoms with Gasteiger partial charge in [-0.2, -0.15) is 9.97 Å². The zero-order valence-corrected chi connectivity index (χ0v) is 68.1. The number of phenolic OH excluding ortho intramolecular Hbond substituents is 1. The number of fused-ring (bicyclic) bond motifs is 6. The SMILES string of the molecule is CC(C)[Si](Oc1c2c(c(C/C(N)=N/O)c3cc(Cc4ccc(F)cc4)cnc13)CN(C)C2=O)(C(C)C)C(C)C.Cc1nc(Cc2c3c(c(O)c4ncc(Cc5ccc(F)cc5)cc24)C(=O)N(C)C3)no1.Cc1nc(Cc2c3c(c(O[Si](C(C)C)(C(C)C)C(C)C)c4ncc(Cc5ccc(F)cc5)cc24)C(=O)N(C)C3)no1. The molecule has 0 radical (unpaired) electrons. The molecule has 0 atom stereocenters. The summed E-state index contributed by atoms with van der Waals surface area (Å²) in [4.78, 5) is 68.1. The first kappa shape index (κ1) is 79.7. The first-order valence-electron chi connectivity index (χ1n) is 37.7. The van der Waals surface area contributed by atoms with E-state index in [9.17, 15) is 37.9 Å². The summed E-state index contributed by atoms with van der Waals surface area (Å²) < 4.78 is 65.2. The third-order valence-electron chi connectivity index (χ3n) is 22.3. The van der Waals surface area contributed by atoms with Crippen molar-refractivity contribution in [2.45, 2.75) is 188 Å². The number of aromatic nitrogens is 7. The molecule has 3 amide bonds. The lowest BCUT2D eigenvalue weighted by molar-refractivity contribution is 0.0807. The van der Waals surface area contributed by atoms with Crippen molar-refractivity contribution in [2.75, 3.05) is 21.1 Å². The van der Waals surface area contributed by atoms with Crippen molar-refractivity contribution in [1.82, 2.24) is 49.9 Å². The Hall–Kier alpha value is -10.9. The second-order valence-corrected chi connectivity index (χ2v) is 42.3. The third-order valence-corrected chi connectivity index (χ3v) is 34.2. The quantitative estimate of drug-likeness (QED) is 0.0187. The number of oxime groups is 1. The van der Waals surface area contributed by atoms with Crippen LogP contribution in [0.25, 0.3) is 32.7 Å². The monoisotopic (exact) mass is 1540 g/mol. The van der Waals surface area contributed by atoms with Gasteiger partial charge in [-0.15, -0.1) is 0 Å². The molecule has 3 aliphatic heterocycles. The van der Waals surface area contributed by atoms with Gasteiger partial charge in [-0.3, -0.25) is 29.3 Å². The molecule has 14 rings (SSSR count). The normalized spacial score (nSPS) is 13.8. The minimum atomic E-state index is -2.45. The number of amides is 3. The molecule has 111 heavy (non-hydrogen) atoms. The number of nitrogens with zero attached hydrogens (tertiary/aromatic N) is 11. The molecule has 0 fully saturated rings. The minimum absolute atomic E-state index is 0.0494. The maximum absolute atomic E-state index is 13.8. The Labute approximate surface area is 646 Å². The number of rotatable bonds is 22. The molecular weight excluding hydrogens is 1450 g/mol. The lowest BCUT2D eigenvalue weighted by Crippen LogP contribution is -2.51. The van der Waals surface area contributed by atoms with E-state index in [2.05, 4.69) is 120 Å². The van der Waals surface area contributed by atoms with Crippen LogP contribution >= 0.6 is 0 Å². The number of benzene rings is 6. The van der Waals surface area contributed by atoms with Gasteiger partial charge < -0.3 is 48.6 Å². The molecule has 21 nitrogen and oxygen atoms in total. The average Bonchev–Trinajstić information content (AvgIpc) is 1.68. The predicted octanol–water partition coefficient (Wildman–Crippen LogP) is 17.3. The molecule has 0 saturated heterocycles. The van der Waals surface area contributed by atoms with E-state index in [-0.39, 0.29) is 58.7 Å². The van der Waals surface area contributed by atoms with E-state index >= 15 is 0 Å². The highest BCUT2D eigenvalue weighted by Crippen LogP contribution is 2.51. The Kier molecular flexibility index (Phi) is 23.1. The molecule has 0 spiro atoms. The van der Waals surface area contributed by atoms with Crippen molar-refractivity contribution in [3.8, 4) is 17.2 Å². The molecular formula is C85H97F3N12O9Si2. The van der Waals surface area contributed by atoms with Crippen molar-refractivity contribution in [1.29, 1.82) is 0 Å². The van der Waals surface area contributed by atoms with Gasteiger partial charge in [0, 0.05) is 109 Å². The number of carbonyl (C=O) groups excluding carboxylic acids is 3. The van der Waals surface area contributed by atoms with Gasteiger partial charge in [0.05, 0.1) is 16.7 Å². The fourth-order valence-electron chi connectivity index (χ4n) is 17.2. The van der Waals surface area contributed by atoms with E-state index in [4.69, 9.17) is 33.6 Å². The van der Waals surface area contributed by atoms with E-state index in [1.165, 1.54) is 36.4 Å². The van der Waals surface area contributed by atoms with Crippen LogP contribution < -0.4 is 14.6 Å². The van der Waals surface area contributed by atoms with E-state index in [1.807, 2.05) is 25.4 Å². The lowest BCUT2D eigenvalue weighted by Gasteiger charge is -2.42. The largest absolute Gasteiger partial charge is 0.541 e. The fraction of sp³-hybridized carbons (Fsp3) is 0.376. The average molecular weight is 1540 g/mol. The van der Waals surface area contributed by atoms with Crippen LogP contribution in [0.2, 0.25) is 33.2 Å². The van der Waals surface area contributed by atoms with Gasteiger partial charge in [-0.25, -0.2) is 13.2 Å². The van der Waals surface area contributed by atoms with E-state index in [0.29, 0.717) is 148 Å². The summed E-state index contributed by atoms with van der Waals surface area (Å²) in [6.45, 7) is 31.4. The van der Waals surface area contributed by atoms with E-state index in [1.54, 1.807) is 91.4 Å². The summed E-state index contributed by atoms with van der Waals surface area (Å²) in [6, 6.07) is 25.4. The number of aromatic hydroxyl groups is 1. The van der Waals surface area contributed by atoms with Crippen LogP contribution in [-0.2, 0) is 58.2 Å². The number of nitrogens with two attached hydrogens (primary N) is 1. The second kappa shape index (κ2) is 32.2. The van der Waals surface area contributed by atoms with E-state index < -0.39 is 16.6 Å². The van der Waals surface area contributed by atoms with E-state index in [0.717, 1.165) is 82.9 Å². The number of halogens is 3. The van der Waals surface area contributed by atoms with Gasteiger partial charge in [0.2, 0.25) is 11.8 Å². The van der Waals surface area contributed by atoms with Crippen molar-refractivity contribution < 1.29 is 55.8 Å². The molecule has 0 bridgehead atoms. The van der Waals surface area contributed by atoms with Crippen molar-refractivity contribution in [3.05, 3.63) is 234 Å². The van der Waals surface area contributed by atoms with Crippen LogP contribution in [0.1, 0.15) is 204 Å².